The highest BCUT2D eigenvalue weighted by Gasteiger charge is 2.34. The fourth-order valence-corrected chi connectivity index (χ4v) is 2.12. The van der Waals surface area contributed by atoms with Crippen LogP contribution in [0.4, 0.5) is 17.6 Å². The number of hydrogen-bond acceptors (Lipinski definition) is 2. The highest BCUT2D eigenvalue weighted by atomic mass is 19.4. The smallest absolute Gasteiger partial charge is 0.352 e. The Bertz CT molecular complexity index is 502. The number of amides is 1. The highest BCUT2D eigenvalue weighted by molar-refractivity contribution is 5.78. The van der Waals surface area contributed by atoms with E-state index in [9.17, 15) is 22.4 Å². The van der Waals surface area contributed by atoms with Crippen LogP contribution in [0.5, 0.6) is 0 Å². The Morgan fingerprint density at radius 3 is 2.70 bits per heavy atom. The number of rotatable bonds is 4. The minimum atomic E-state index is -4.69. The van der Waals surface area contributed by atoms with Crippen molar-refractivity contribution >= 4 is 5.91 Å². The number of benzene rings is 1. The van der Waals surface area contributed by atoms with Gasteiger partial charge in [-0.3, -0.25) is 4.79 Å². The molecule has 1 saturated heterocycles. The molecule has 0 aromatic heterocycles. The fraction of sp³-hybridized carbons (Fsp3) is 0.462. The van der Waals surface area contributed by atoms with Gasteiger partial charge in [-0.25, -0.2) is 4.39 Å². The molecule has 1 unspecified atom stereocenters. The number of carbonyl (C=O) groups excluding carboxylic acids is 1. The first-order valence-corrected chi connectivity index (χ1v) is 6.22. The van der Waals surface area contributed by atoms with Crippen LogP contribution in [0.3, 0.4) is 0 Å². The summed E-state index contributed by atoms with van der Waals surface area (Å²) in [5.41, 5.74) is -0.908. The largest absolute Gasteiger partial charge is 0.419 e. The van der Waals surface area contributed by atoms with Crippen LogP contribution >= 0.6 is 0 Å². The van der Waals surface area contributed by atoms with Gasteiger partial charge in [0.1, 0.15) is 5.82 Å². The van der Waals surface area contributed by atoms with E-state index in [2.05, 4.69) is 10.6 Å². The zero-order chi connectivity index (χ0) is 14.8. The zero-order valence-electron chi connectivity index (χ0n) is 10.6. The Morgan fingerprint density at radius 1 is 1.35 bits per heavy atom. The standard InChI is InChI=1S/C13H14F4N2O/c14-11-3-1-8(5-10(11)13(15,16)17)6-18-7-9-2-4-12(20)19-9/h1,3,5,9,18H,2,4,6-7H2,(H,19,20). The van der Waals surface area contributed by atoms with E-state index in [4.69, 9.17) is 0 Å². The quantitative estimate of drug-likeness (QED) is 0.835. The molecular weight excluding hydrogens is 276 g/mol. The number of nitrogens with one attached hydrogen (secondary N) is 2. The third-order valence-corrected chi connectivity index (χ3v) is 3.14. The van der Waals surface area contributed by atoms with Gasteiger partial charge in [0.15, 0.2) is 0 Å². The average molecular weight is 290 g/mol. The average Bonchev–Trinajstić information content (AvgIpc) is 2.76. The Kier molecular flexibility index (Phi) is 4.27. The Morgan fingerprint density at radius 2 is 2.10 bits per heavy atom. The summed E-state index contributed by atoms with van der Waals surface area (Å²) < 4.78 is 50.7. The van der Waals surface area contributed by atoms with Crippen LogP contribution in [0.15, 0.2) is 18.2 Å². The second kappa shape index (κ2) is 5.78. The van der Waals surface area contributed by atoms with Gasteiger partial charge in [0.25, 0.3) is 0 Å². The van der Waals surface area contributed by atoms with Crippen LogP contribution in [-0.2, 0) is 17.5 Å². The molecule has 0 radical (unpaired) electrons. The van der Waals surface area contributed by atoms with E-state index >= 15 is 0 Å². The second-order valence-electron chi connectivity index (χ2n) is 4.75. The SMILES string of the molecule is O=C1CCC(CNCc2ccc(F)c(C(F)(F)F)c2)N1. The van der Waals surface area contributed by atoms with E-state index in [0.717, 1.165) is 12.1 Å². The van der Waals surface area contributed by atoms with Crippen LogP contribution in [-0.4, -0.2) is 18.5 Å². The predicted octanol–water partition coefficient (Wildman–Crippen LogP) is 2.21. The summed E-state index contributed by atoms with van der Waals surface area (Å²) in [5, 5.41) is 5.70. The normalized spacial score (nSPS) is 19.2. The van der Waals surface area contributed by atoms with Crippen molar-refractivity contribution in [2.45, 2.75) is 31.6 Å². The summed E-state index contributed by atoms with van der Waals surface area (Å²) in [6, 6.07) is 2.93. The molecule has 1 aliphatic heterocycles. The molecule has 1 amide bonds. The van der Waals surface area contributed by atoms with E-state index in [1.807, 2.05) is 0 Å². The molecule has 3 nitrogen and oxygen atoms in total. The lowest BCUT2D eigenvalue weighted by Gasteiger charge is -2.13. The van der Waals surface area contributed by atoms with Crippen LogP contribution in [0.1, 0.15) is 24.0 Å². The second-order valence-corrected chi connectivity index (χ2v) is 4.75. The summed E-state index contributed by atoms with van der Waals surface area (Å²) in [6.07, 6.45) is -3.51. The van der Waals surface area contributed by atoms with Crippen molar-refractivity contribution in [3.8, 4) is 0 Å². The minimum absolute atomic E-state index is 0.00466. The molecule has 0 saturated carbocycles. The summed E-state index contributed by atoms with van der Waals surface area (Å²) in [6.45, 7) is 0.667. The van der Waals surface area contributed by atoms with E-state index in [0.29, 0.717) is 24.9 Å². The molecule has 0 aliphatic carbocycles. The van der Waals surface area contributed by atoms with Crippen molar-refractivity contribution in [3.05, 3.63) is 35.1 Å². The van der Waals surface area contributed by atoms with Crippen molar-refractivity contribution < 1.29 is 22.4 Å². The molecular formula is C13H14F4N2O. The number of carbonyl (C=O) groups is 1. The first-order chi connectivity index (χ1) is 9.36. The molecule has 20 heavy (non-hydrogen) atoms. The first kappa shape index (κ1) is 14.8. The minimum Gasteiger partial charge on any atom is -0.352 e. The zero-order valence-corrected chi connectivity index (χ0v) is 10.6. The maximum atomic E-state index is 13.1. The van der Waals surface area contributed by atoms with Crippen LogP contribution in [0, 0.1) is 5.82 Å². The van der Waals surface area contributed by atoms with Gasteiger partial charge in [-0.2, -0.15) is 13.2 Å². The summed E-state index contributed by atoms with van der Waals surface area (Å²) in [7, 11) is 0. The van der Waals surface area contributed by atoms with E-state index < -0.39 is 17.6 Å². The summed E-state index contributed by atoms with van der Waals surface area (Å²) in [4.78, 5) is 11.0. The molecule has 2 rings (SSSR count). The molecule has 1 aromatic rings. The van der Waals surface area contributed by atoms with Crippen LogP contribution in [0.2, 0.25) is 0 Å². The highest BCUT2D eigenvalue weighted by Crippen LogP contribution is 2.31. The van der Waals surface area contributed by atoms with Gasteiger partial charge < -0.3 is 10.6 Å². The van der Waals surface area contributed by atoms with Crippen molar-refractivity contribution in [2.24, 2.45) is 0 Å². The van der Waals surface area contributed by atoms with Crippen molar-refractivity contribution in [3.63, 3.8) is 0 Å². The van der Waals surface area contributed by atoms with Crippen LogP contribution in [0.25, 0.3) is 0 Å². The summed E-state index contributed by atoms with van der Waals surface area (Å²) >= 11 is 0. The van der Waals surface area contributed by atoms with Gasteiger partial charge in [0.2, 0.25) is 5.91 Å². The maximum Gasteiger partial charge on any atom is 0.419 e. The Hall–Kier alpha value is -1.63. The molecule has 0 bridgehead atoms. The first-order valence-electron chi connectivity index (χ1n) is 6.22. The molecule has 1 aromatic carbocycles. The van der Waals surface area contributed by atoms with Gasteiger partial charge in [0, 0.05) is 25.6 Å². The predicted molar refractivity (Wildman–Crippen MR) is 64.3 cm³/mol. The third-order valence-electron chi connectivity index (χ3n) is 3.14. The molecule has 110 valence electrons. The van der Waals surface area contributed by atoms with E-state index in [1.54, 1.807) is 0 Å². The Labute approximate surface area is 113 Å². The molecule has 1 fully saturated rings. The number of halogens is 4. The lowest BCUT2D eigenvalue weighted by Crippen LogP contribution is -2.35. The van der Waals surface area contributed by atoms with Gasteiger partial charge in [-0.05, 0) is 24.1 Å². The number of alkyl halides is 3. The molecule has 2 N–H and O–H groups in total. The molecule has 1 aliphatic rings. The third kappa shape index (κ3) is 3.69. The molecule has 1 atom stereocenters. The fourth-order valence-electron chi connectivity index (χ4n) is 2.12. The van der Waals surface area contributed by atoms with Crippen molar-refractivity contribution in [2.75, 3.05) is 6.54 Å². The van der Waals surface area contributed by atoms with Gasteiger partial charge >= 0.3 is 6.18 Å². The van der Waals surface area contributed by atoms with Gasteiger partial charge in [0.05, 0.1) is 5.56 Å². The van der Waals surface area contributed by atoms with E-state index in [1.165, 1.54) is 6.07 Å². The lowest BCUT2D eigenvalue weighted by molar-refractivity contribution is -0.140. The lowest BCUT2D eigenvalue weighted by atomic mass is 10.1. The monoisotopic (exact) mass is 290 g/mol. The van der Waals surface area contributed by atoms with Crippen molar-refractivity contribution in [1.29, 1.82) is 0 Å². The van der Waals surface area contributed by atoms with Gasteiger partial charge in [-0.15, -0.1) is 0 Å². The topological polar surface area (TPSA) is 41.1 Å². The number of hydrogen-bond donors (Lipinski definition) is 2. The maximum absolute atomic E-state index is 13.1. The summed E-state index contributed by atoms with van der Waals surface area (Å²) in [5.74, 6) is -1.29. The van der Waals surface area contributed by atoms with Gasteiger partial charge in [-0.1, -0.05) is 6.07 Å². The molecule has 0 spiro atoms. The van der Waals surface area contributed by atoms with Crippen molar-refractivity contribution in [1.82, 2.24) is 10.6 Å². The Balaban J connectivity index is 1.91. The molecule has 1 heterocycles. The van der Waals surface area contributed by atoms with E-state index in [-0.39, 0.29) is 18.5 Å². The molecule has 7 heteroatoms. The van der Waals surface area contributed by atoms with Crippen LogP contribution < -0.4 is 10.6 Å².